The third-order valence-electron chi connectivity index (χ3n) is 2.77. The number of nitrogens with two attached hydrogens (primary N) is 1. The van der Waals surface area contributed by atoms with Crippen LogP contribution in [0, 0.1) is 12.7 Å². The highest BCUT2D eigenvalue weighted by Gasteiger charge is 2.08. The number of nitrogens with zero attached hydrogens (tertiary/aromatic N) is 1. The smallest absolute Gasteiger partial charge is 0.143 e. The van der Waals surface area contributed by atoms with E-state index >= 15 is 0 Å². The van der Waals surface area contributed by atoms with E-state index < -0.39 is 0 Å². The summed E-state index contributed by atoms with van der Waals surface area (Å²) in [6, 6.07) is 5.20. The van der Waals surface area contributed by atoms with Gasteiger partial charge in [-0.1, -0.05) is 6.92 Å². The lowest BCUT2D eigenvalue weighted by atomic mass is 10.1. The molecule has 1 aromatic heterocycles. The van der Waals surface area contributed by atoms with Crippen LogP contribution in [0.4, 0.5) is 10.2 Å². The van der Waals surface area contributed by atoms with Crippen LogP contribution < -0.4 is 11.3 Å². The lowest BCUT2D eigenvalue weighted by Crippen LogP contribution is -2.11. The average Bonchev–Trinajstić information content (AvgIpc) is 2.32. The van der Waals surface area contributed by atoms with Crippen molar-refractivity contribution in [3.8, 4) is 0 Å². The van der Waals surface area contributed by atoms with Crippen molar-refractivity contribution in [2.45, 2.75) is 20.3 Å². The first-order valence-electron chi connectivity index (χ1n) is 5.22. The standard InChI is InChI=1S/C12H14FN3/c1-3-8-6-9-4-5-10(13)7(2)11(9)15-12(8)16-14/h4-6H,3,14H2,1-2H3,(H,15,16). The Labute approximate surface area is 93.5 Å². The second-order valence-electron chi connectivity index (χ2n) is 3.74. The van der Waals surface area contributed by atoms with Crippen LogP contribution in [0.2, 0.25) is 0 Å². The first-order chi connectivity index (χ1) is 7.67. The number of aryl methyl sites for hydroxylation is 2. The van der Waals surface area contributed by atoms with Crippen molar-refractivity contribution in [1.29, 1.82) is 0 Å². The summed E-state index contributed by atoms with van der Waals surface area (Å²) >= 11 is 0. The minimum Gasteiger partial charge on any atom is -0.308 e. The van der Waals surface area contributed by atoms with Crippen molar-refractivity contribution in [3.05, 3.63) is 35.1 Å². The normalized spacial score (nSPS) is 10.8. The van der Waals surface area contributed by atoms with Crippen LogP contribution in [0.1, 0.15) is 18.1 Å². The molecule has 0 fully saturated rings. The van der Waals surface area contributed by atoms with Crippen molar-refractivity contribution in [2.75, 3.05) is 5.43 Å². The van der Waals surface area contributed by atoms with Crippen LogP contribution >= 0.6 is 0 Å². The van der Waals surface area contributed by atoms with Crippen LogP contribution in [0.3, 0.4) is 0 Å². The largest absolute Gasteiger partial charge is 0.308 e. The Balaban J connectivity index is 2.78. The number of fused-ring (bicyclic) bond motifs is 1. The van der Waals surface area contributed by atoms with Crippen LogP contribution in [0.25, 0.3) is 10.9 Å². The van der Waals surface area contributed by atoms with Gasteiger partial charge in [0.05, 0.1) is 5.52 Å². The third-order valence-corrected chi connectivity index (χ3v) is 2.77. The van der Waals surface area contributed by atoms with E-state index in [-0.39, 0.29) is 5.82 Å². The minimum atomic E-state index is -0.243. The van der Waals surface area contributed by atoms with Crippen molar-refractivity contribution < 1.29 is 4.39 Å². The minimum absolute atomic E-state index is 0.243. The Morgan fingerprint density at radius 1 is 1.44 bits per heavy atom. The number of hydrogen-bond acceptors (Lipinski definition) is 3. The molecule has 0 amide bonds. The van der Waals surface area contributed by atoms with Gasteiger partial charge in [-0.3, -0.25) is 0 Å². The van der Waals surface area contributed by atoms with E-state index in [4.69, 9.17) is 5.84 Å². The fourth-order valence-electron chi connectivity index (χ4n) is 1.80. The number of nitrogens with one attached hydrogen (secondary N) is 1. The van der Waals surface area contributed by atoms with Crippen molar-refractivity contribution >= 4 is 16.7 Å². The van der Waals surface area contributed by atoms with Crippen molar-refractivity contribution in [3.63, 3.8) is 0 Å². The lowest BCUT2D eigenvalue weighted by Gasteiger charge is -2.10. The molecular weight excluding hydrogens is 205 g/mol. The molecule has 0 radical (unpaired) electrons. The van der Waals surface area contributed by atoms with Crippen molar-refractivity contribution in [2.24, 2.45) is 5.84 Å². The number of halogens is 1. The number of hydrogen-bond donors (Lipinski definition) is 2. The molecule has 0 atom stereocenters. The predicted molar refractivity (Wildman–Crippen MR) is 63.6 cm³/mol. The van der Waals surface area contributed by atoms with Gasteiger partial charge in [-0.2, -0.15) is 0 Å². The molecule has 0 bridgehead atoms. The molecule has 3 N–H and O–H groups in total. The predicted octanol–water partition coefficient (Wildman–Crippen LogP) is 2.53. The van der Waals surface area contributed by atoms with Gasteiger partial charge in [0.1, 0.15) is 11.6 Å². The van der Waals surface area contributed by atoms with E-state index in [2.05, 4.69) is 10.4 Å². The van der Waals surface area contributed by atoms with Gasteiger partial charge in [0.15, 0.2) is 0 Å². The van der Waals surface area contributed by atoms with Gasteiger partial charge in [0.25, 0.3) is 0 Å². The van der Waals surface area contributed by atoms with Gasteiger partial charge >= 0.3 is 0 Å². The van der Waals surface area contributed by atoms with Crippen LogP contribution in [0.5, 0.6) is 0 Å². The summed E-state index contributed by atoms with van der Waals surface area (Å²) in [6.07, 6.45) is 0.832. The first kappa shape index (κ1) is 10.8. The molecule has 1 aromatic carbocycles. The SMILES string of the molecule is CCc1cc2ccc(F)c(C)c2nc1NN. The van der Waals surface area contributed by atoms with Gasteiger partial charge in [0.2, 0.25) is 0 Å². The fraction of sp³-hybridized carbons (Fsp3) is 0.250. The van der Waals surface area contributed by atoms with Crippen LogP contribution in [-0.2, 0) is 6.42 Å². The van der Waals surface area contributed by atoms with Gasteiger partial charge in [-0.15, -0.1) is 0 Å². The number of pyridine rings is 1. The first-order valence-corrected chi connectivity index (χ1v) is 5.22. The molecule has 84 valence electrons. The Bertz CT molecular complexity index is 537. The van der Waals surface area contributed by atoms with E-state index in [1.807, 2.05) is 13.0 Å². The second kappa shape index (κ2) is 4.06. The zero-order valence-electron chi connectivity index (χ0n) is 9.34. The number of anilines is 1. The Morgan fingerprint density at radius 3 is 2.81 bits per heavy atom. The highest BCUT2D eigenvalue weighted by atomic mass is 19.1. The van der Waals surface area contributed by atoms with Gasteiger partial charge in [-0.05, 0) is 37.1 Å². The molecule has 0 aliphatic rings. The highest BCUT2D eigenvalue weighted by molar-refractivity contribution is 5.84. The molecule has 1 heterocycles. The number of aromatic nitrogens is 1. The highest BCUT2D eigenvalue weighted by Crippen LogP contribution is 2.24. The lowest BCUT2D eigenvalue weighted by molar-refractivity contribution is 0.620. The monoisotopic (exact) mass is 219 g/mol. The molecule has 2 aromatic rings. The van der Waals surface area contributed by atoms with Crippen LogP contribution in [0.15, 0.2) is 18.2 Å². The zero-order valence-corrected chi connectivity index (χ0v) is 9.34. The zero-order chi connectivity index (χ0) is 11.7. The van der Waals surface area contributed by atoms with Gasteiger partial charge < -0.3 is 5.43 Å². The Hall–Kier alpha value is -1.68. The molecule has 16 heavy (non-hydrogen) atoms. The Kier molecular flexibility index (Phi) is 2.75. The maximum atomic E-state index is 13.4. The van der Waals surface area contributed by atoms with Crippen LogP contribution in [-0.4, -0.2) is 4.98 Å². The number of benzene rings is 1. The third kappa shape index (κ3) is 1.61. The number of hydrazine groups is 1. The molecule has 0 aliphatic carbocycles. The van der Waals surface area contributed by atoms with Gasteiger partial charge in [0, 0.05) is 10.9 Å². The summed E-state index contributed by atoms with van der Waals surface area (Å²) in [5, 5.41) is 0.940. The molecule has 0 saturated carbocycles. The van der Waals surface area contributed by atoms with Crippen molar-refractivity contribution in [1.82, 2.24) is 4.98 Å². The molecule has 3 nitrogen and oxygen atoms in total. The summed E-state index contributed by atoms with van der Waals surface area (Å²) in [5.41, 5.74) is 4.79. The van der Waals surface area contributed by atoms with E-state index in [1.54, 1.807) is 13.0 Å². The second-order valence-corrected chi connectivity index (χ2v) is 3.74. The molecule has 0 aliphatic heterocycles. The molecule has 2 rings (SSSR count). The fourth-order valence-corrected chi connectivity index (χ4v) is 1.80. The maximum Gasteiger partial charge on any atom is 0.143 e. The van der Waals surface area contributed by atoms with E-state index in [0.717, 1.165) is 17.4 Å². The average molecular weight is 219 g/mol. The summed E-state index contributed by atoms with van der Waals surface area (Å²) < 4.78 is 13.4. The van der Waals surface area contributed by atoms with E-state index in [1.165, 1.54) is 6.07 Å². The topological polar surface area (TPSA) is 50.9 Å². The van der Waals surface area contributed by atoms with E-state index in [9.17, 15) is 4.39 Å². The summed E-state index contributed by atoms with van der Waals surface area (Å²) in [6.45, 7) is 3.75. The molecular formula is C12H14FN3. The maximum absolute atomic E-state index is 13.4. The van der Waals surface area contributed by atoms with Gasteiger partial charge in [-0.25, -0.2) is 15.2 Å². The Morgan fingerprint density at radius 2 is 2.19 bits per heavy atom. The molecule has 0 unspecified atom stereocenters. The summed E-state index contributed by atoms with van der Waals surface area (Å²) in [7, 11) is 0. The molecule has 0 saturated heterocycles. The summed E-state index contributed by atoms with van der Waals surface area (Å²) in [5.74, 6) is 5.77. The quantitative estimate of drug-likeness (QED) is 0.602. The number of rotatable bonds is 2. The van der Waals surface area contributed by atoms with E-state index in [0.29, 0.717) is 16.9 Å². The summed E-state index contributed by atoms with van der Waals surface area (Å²) in [4.78, 5) is 4.35. The molecule has 4 heteroatoms. The molecule has 0 spiro atoms. The number of nitrogen functional groups attached to an aromatic ring is 1.